The van der Waals surface area contributed by atoms with Crippen LogP contribution in [0.25, 0.3) is 0 Å². The topological polar surface area (TPSA) is 44.8 Å². The number of ether oxygens (including phenoxy) is 1. The predicted octanol–water partition coefficient (Wildman–Crippen LogP) is -0.225. The smallest absolute Gasteiger partial charge is 0.307 e. The van der Waals surface area contributed by atoms with Gasteiger partial charge in [0.1, 0.15) is 0 Å². The van der Waals surface area contributed by atoms with Crippen molar-refractivity contribution in [2.45, 2.75) is 19.4 Å². The van der Waals surface area contributed by atoms with Crippen molar-refractivity contribution in [1.82, 2.24) is 15.1 Å². The quantitative estimate of drug-likeness (QED) is 0.653. The van der Waals surface area contributed by atoms with Crippen molar-refractivity contribution in [2.24, 2.45) is 0 Å². The Morgan fingerprint density at radius 1 is 1.47 bits per heavy atom. The summed E-state index contributed by atoms with van der Waals surface area (Å²) < 4.78 is 4.68. The fourth-order valence-electron chi connectivity index (χ4n) is 1.93. The minimum absolute atomic E-state index is 0.133. The largest absolute Gasteiger partial charge is 0.469 e. The lowest BCUT2D eigenvalue weighted by Gasteiger charge is -2.31. The SMILES string of the molecule is COC(=O)CC(C)N(C)CCN1CCNCC1. The van der Waals surface area contributed by atoms with E-state index in [-0.39, 0.29) is 12.0 Å². The highest BCUT2D eigenvalue weighted by atomic mass is 16.5. The van der Waals surface area contributed by atoms with Crippen LogP contribution < -0.4 is 5.32 Å². The average molecular weight is 243 g/mol. The van der Waals surface area contributed by atoms with E-state index in [0.29, 0.717) is 6.42 Å². The van der Waals surface area contributed by atoms with Gasteiger partial charge in [-0.1, -0.05) is 0 Å². The molecule has 17 heavy (non-hydrogen) atoms. The Labute approximate surface area is 104 Å². The van der Waals surface area contributed by atoms with Gasteiger partial charge in [0.05, 0.1) is 13.5 Å². The summed E-state index contributed by atoms with van der Waals surface area (Å²) >= 11 is 0. The van der Waals surface area contributed by atoms with Crippen molar-refractivity contribution < 1.29 is 9.53 Å². The molecular formula is C12H25N3O2. The summed E-state index contributed by atoms with van der Waals surface area (Å²) in [5.41, 5.74) is 0. The zero-order valence-electron chi connectivity index (χ0n) is 11.2. The normalized spacial score (nSPS) is 19.3. The first-order valence-electron chi connectivity index (χ1n) is 6.33. The van der Waals surface area contributed by atoms with E-state index in [0.717, 1.165) is 39.3 Å². The van der Waals surface area contributed by atoms with Crippen molar-refractivity contribution in [3.63, 3.8) is 0 Å². The van der Waals surface area contributed by atoms with Gasteiger partial charge >= 0.3 is 5.97 Å². The number of piperazine rings is 1. The standard InChI is InChI=1S/C12H25N3O2/c1-11(10-12(16)17-3)14(2)8-9-15-6-4-13-5-7-15/h11,13H,4-10H2,1-3H3. The molecule has 100 valence electrons. The number of nitrogens with zero attached hydrogens (tertiary/aromatic N) is 2. The molecule has 0 saturated carbocycles. The minimum atomic E-state index is -0.133. The lowest BCUT2D eigenvalue weighted by atomic mass is 10.2. The molecule has 0 spiro atoms. The number of likely N-dealkylation sites (N-methyl/N-ethyl adjacent to an activating group) is 1. The van der Waals surface area contributed by atoms with Crippen molar-refractivity contribution in [1.29, 1.82) is 0 Å². The summed E-state index contributed by atoms with van der Waals surface area (Å²) in [6.07, 6.45) is 0.467. The Bertz CT molecular complexity index is 230. The summed E-state index contributed by atoms with van der Waals surface area (Å²) in [5.74, 6) is -0.133. The second-order valence-corrected chi connectivity index (χ2v) is 4.70. The van der Waals surface area contributed by atoms with E-state index in [1.54, 1.807) is 0 Å². The third-order valence-corrected chi connectivity index (χ3v) is 3.42. The summed E-state index contributed by atoms with van der Waals surface area (Å²) in [6, 6.07) is 0.241. The van der Waals surface area contributed by atoms with E-state index in [9.17, 15) is 4.79 Å². The van der Waals surface area contributed by atoms with Gasteiger partial charge in [0.15, 0.2) is 0 Å². The van der Waals surface area contributed by atoms with Gasteiger partial charge in [0.25, 0.3) is 0 Å². The summed E-state index contributed by atoms with van der Waals surface area (Å²) in [6.45, 7) is 8.55. The first-order chi connectivity index (χ1) is 8.13. The van der Waals surface area contributed by atoms with Crippen LogP contribution in [0.2, 0.25) is 0 Å². The van der Waals surface area contributed by atoms with Gasteiger partial charge in [0, 0.05) is 45.3 Å². The van der Waals surface area contributed by atoms with E-state index >= 15 is 0 Å². The molecule has 1 N–H and O–H groups in total. The Hall–Kier alpha value is -0.650. The van der Waals surface area contributed by atoms with Crippen LogP contribution in [-0.2, 0) is 9.53 Å². The Morgan fingerprint density at radius 2 is 2.12 bits per heavy atom. The van der Waals surface area contributed by atoms with Crippen LogP contribution in [0.4, 0.5) is 0 Å². The fourth-order valence-corrected chi connectivity index (χ4v) is 1.93. The van der Waals surface area contributed by atoms with Gasteiger partial charge in [0.2, 0.25) is 0 Å². The summed E-state index contributed by atoms with van der Waals surface area (Å²) in [5, 5.41) is 3.34. The lowest BCUT2D eigenvalue weighted by Crippen LogP contribution is -2.46. The molecule has 0 aromatic rings. The van der Waals surface area contributed by atoms with Crippen molar-refractivity contribution in [3.8, 4) is 0 Å². The molecule has 0 aromatic carbocycles. The van der Waals surface area contributed by atoms with Gasteiger partial charge in [-0.2, -0.15) is 0 Å². The molecule has 1 unspecified atom stereocenters. The van der Waals surface area contributed by atoms with Gasteiger partial charge in [-0.05, 0) is 14.0 Å². The van der Waals surface area contributed by atoms with Crippen molar-refractivity contribution in [2.75, 3.05) is 53.4 Å². The van der Waals surface area contributed by atoms with E-state index in [1.807, 2.05) is 0 Å². The number of hydrogen-bond donors (Lipinski definition) is 1. The molecule has 1 aliphatic rings. The van der Waals surface area contributed by atoms with Crippen LogP contribution in [0.3, 0.4) is 0 Å². The molecule has 1 atom stereocenters. The number of hydrogen-bond acceptors (Lipinski definition) is 5. The molecule has 5 heteroatoms. The highest BCUT2D eigenvalue weighted by Crippen LogP contribution is 2.03. The van der Waals surface area contributed by atoms with E-state index in [2.05, 4.69) is 33.8 Å². The zero-order chi connectivity index (χ0) is 12.7. The monoisotopic (exact) mass is 243 g/mol. The molecule has 1 aliphatic heterocycles. The van der Waals surface area contributed by atoms with Gasteiger partial charge in [-0.15, -0.1) is 0 Å². The van der Waals surface area contributed by atoms with Crippen LogP contribution in [0.5, 0.6) is 0 Å². The highest BCUT2D eigenvalue weighted by molar-refractivity contribution is 5.69. The number of rotatable bonds is 6. The zero-order valence-corrected chi connectivity index (χ0v) is 11.2. The third kappa shape index (κ3) is 5.48. The minimum Gasteiger partial charge on any atom is -0.469 e. The highest BCUT2D eigenvalue weighted by Gasteiger charge is 2.15. The van der Waals surface area contributed by atoms with Gasteiger partial charge < -0.3 is 15.0 Å². The third-order valence-electron chi connectivity index (χ3n) is 3.42. The predicted molar refractivity (Wildman–Crippen MR) is 68.0 cm³/mol. The summed E-state index contributed by atoms with van der Waals surface area (Å²) in [7, 11) is 3.51. The second-order valence-electron chi connectivity index (χ2n) is 4.70. The molecule has 5 nitrogen and oxygen atoms in total. The molecule has 1 saturated heterocycles. The number of methoxy groups -OCH3 is 1. The fraction of sp³-hybridized carbons (Fsp3) is 0.917. The average Bonchev–Trinajstić information content (AvgIpc) is 2.36. The van der Waals surface area contributed by atoms with Gasteiger partial charge in [-0.3, -0.25) is 9.69 Å². The van der Waals surface area contributed by atoms with Crippen LogP contribution in [-0.4, -0.2) is 75.2 Å². The number of nitrogens with one attached hydrogen (secondary N) is 1. The van der Waals surface area contributed by atoms with Crippen LogP contribution >= 0.6 is 0 Å². The molecule has 0 aliphatic carbocycles. The van der Waals surface area contributed by atoms with Crippen molar-refractivity contribution >= 4 is 5.97 Å². The Balaban J connectivity index is 2.18. The molecule has 1 heterocycles. The Kier molecular flexibility index (Phi) is 6.47. The van der Waals surface area contributed by atoms with E-state index < -0.39 is 0 Å². The number of carbonyl (C=O) groups is 1. The number of carbonyl (C=O) groups excluding carboxylic acids is 1. The van der Waals surface area contributed by atoms with E-state index in [4.69, 9.17) is 0 Å². The number of esters is 1. The Morgan fingerprint density at radius 3 is 2.71 bits per heavy atom. The maximum Gasteiger partial charge on any atom is 0.307 e. The first kappa shape index (κ1) is 14.4. The molecule has 0 bridgehead atoms. The van der Waals surface area contributed by atoms with Crippen LogP contribution in [0.15, 0.2) is 0 Å². The second kappa shape index (κ2) is 7.63. The lowest BCUT2D eigenvalue weighted by molar-refractivity contribution is -0.141. The molecule has 0 aromatic heterocycles. The first-order valence-corrected chi connectivity index (χ1v) is 6.33. The van der Waals surface area contributed by atoms with E-state index in [1.165, 1.54) is 7.11 Å². The van der Waals surface area contributed by atoms with Crippen LogP contribution in [0, 0.1) is 0 Å². The maximum absolute atomic E-state index is 11.2. The molecule has 0 radical (unpaired) electrons. The molecule has 0 amide bonds. The molecular weight excluding hydrogens is 218 g/mol. The molecule has 1 fully saturated rings. The summed E-state index contributed by atoms with van der Waals surface area (Å²) in [4.78, 5) is 15.8. The van der Waals surface area contributed by atoms with Gasteiger partial charge in [-0.25, -0.2) is 0 Å². The maximum atomic E-state index is 11.2. The van der Waals surface area contributed by atoms with Crippen LogP contribution in [0.1, 0.15) is 13.3 Å². The van der Waals surface area contributed by atoms with Crippen molar-refractivity contribution in [3.05, 3.63) is 0 Å². The molecule has 1 rings (SSSR count).